The summed E-state index contributed by atoms with van der Waals surface area (Å²) in [5.74, 6) is 0.234. The fourth-order valence-corrected chi connectivity index (χ4v) is 2.92. The number of nitrogens with zero attached hydrogens (tertiary/aromatic N) is 4. The van der Waals surface area contributed by atoms with Crippen LogP contribution in [0.2, 0.25) is 0 Å². The van der Waals surface area contributed by atoms with Gasteiger partial charge in [-0.05, 0) is 38.0 Å². The number of amides is 1. The Labute approximate surface area is 159 Å². The summed E-state index contributed by atoms with van der Waals surface area (Å²) in [7, 11) is 1.34. The van der Waals surface area contributed by atoms with Gasteiger partial charge in [0.1, 0.15) is 6.33 Å². The number of halogens is 2. The number of aryl methyl sites for hydroxylation is 2. The van der Waals surface area contributed by atoms with E-state index in [-0.39, 0.29) is 23.8 Å². The Bertz CT molecular complexity index is 1010. The van der Waals surface area contributed by atoms with Crippen molar-refractivity contribution in [3.05, 3.63) is 41.5 Å². The molecule has 0 bridgehead atoms. The van der Waals surface area contributed by atoms with Crippen LogP contribution in [0.15, 0.2) is 24.5 Å². The van der Waals surface area contributed by atoms with Crippen molar-refractivity contribution in [2.24, 2.45) is 0 Å². The molecule has 0 spiro atoms. The number of ether oxygens (including phenoxy) is 2. The van der Waals surface area contributed by atoms with Crippen molar-refractivity contribution in [3.8, 4) is 11.5 Å². The Hall–Kier alpha value is -3.30. The monoisotopic (exact) mass is 391 g/mol. The molecule has 2 aromatic heterocycles. The standard InChI is InChI=1S/C18H19F2N5O3/c1-10-13(11(2)25-18(23-10)21-9-22-25)5-7-16(26)24-12-4-6-14(27-3)15(8-12)28-17(19)20/h4,6,8-9,17H,5,7H2,1-3H3,(H,24,26). The number of nitrogens with one attached hydrogen (secondary N) is 1. The molecule has 1 aromatic carbocycles. The molecule has 148 valence electrons. The van der Waals surface area contributed by atoms with E-state index in [1.165, 1.54) is 25.6 Å². The minimum absolute atomic E-state index is 0.150. The van der Waals surface area contributed by atoms with Crippen molar-refractivity contribution in [1.82, 2.24) is 19.6 Å². The molecule has 10 heteroatoms. The predicted octanol–water partition coefficient (Wildman–Crippen LogP) is 2.92. The number of rotatable bonds is 7. The van der Waals surface area contributed by atoms with Crippen LogP contribution in [0.5, 0.6) is 11.5 Å². The Balaban J connectivity index is 1.69. The molecule has 0 saturated carbocycles. The maximum Gasteiger partial charge on any atom is 0.387 e. The number of methoxy groups -OCH3 is 1. The predicted molar refractivity (Wildman–Crippen MR) is 96.8 cm³/mol. The maximum absolute atomic E-state index is 12.5. The summed E-state index contributed by atoms with van der Waals surface area (Å²) in [5, 5.41) is 6.79. The first kappa shape index (κ1) is 19.5. The van der Waals surface area contributed by atoms with E-state index in [0.717, 1.165) is 17.0 Å². The van der Waals surface area contributed by atoms with Gasteiger partial charge < -0.3 is 14.8 Å². The van der Waals surface area contributed by atoms with Crippen LogP contribution in [-0.2, 0) is 11.2 Å². The highest BCUT2D eigenvalue weighted by atomic mass is 19.3. The summed E-state index contributed by atoms with van der Waals surface area (Å²) in [6, 6.07) is 4.29. The second-order valence-corrected chi connectivity index (χ2v) is 6.03. The Morgan fingerprint density at radius 1 is 1.29 bits per heavy atom. The number of alkyl halides is 2. The zero-order valence-electron chi connectivity index (χ0n) is 15.6. The molecule has 0 unspecified atom stereocenters. The smallest absolute Gasteiger partial charge is 0.387 e. The molecule has 3 aromatic rings. The summed E-state index contributed by atoms with van der Waals surface area (Å²) < 4.78 is 36.1. The second kappa shape index (κ2) is 8.15. The van der Waals surface area contributed by atoms with Crippen molar-refractivity contribution in [1.29, 1.82) is 0 Å². The molecule has 1 N–H and O–H groups in total. The molecule has 2 heterocycles. The molecule has 0 aliphatic carbocycles. The van der Waals surface area contributed by atoms with Crippen molar-refractivity contribution in [2.45, 2.75) is 33.3 Å². The van der Waals surface area contributed by atoms with Gasteiger partial charge in [-0.2, -0.15) is 18.9 Å². The number of benzene rings is 1. The van der Waals surface area contributed by atoms with Gasteiger partial charge in [0.05, 0.1) is 7.11 Å². The Kier molecular flexibility index (Phi) is 5.67. The average Bonchev–Trinajstić information content (AvgIpc) is 3.10. The van der Waals surface area contributed by atoms with Gasteiger partial charge in [0.25, 0.3) is 5.78 Å². The normalized spacial score (nSPS) is 11.1. The van der Waals surface area contributed by atoms with Gasteiger partial charge in [-0.25, -0.2) is 9.50 Å². The van der Waals surface area contributed by atoms with Gasteiger partial charge in [-0.3, -0.25) is 4.79 Å². The number of fused-ring (bicyclic) bond motifs is 1. The summed E-state index contributed by atoms with van der Waals surface area (Å²) in [6.07, 6.45) is 2.05. The zero-order chi connectivity index (χ0) is 20.3. The molecule has 0 fully saturated rings. The lowest BCUT2D eigenvalue weighted by atomic mass is 10.1. The van der Waals surface area contributed by atoms with Crippen molar-refractivity contribution in [2.75, 3.05) is 12.4 Å². The highest BCUT2D eigenvalue weighted by Gasteiger charge is 2.15. The van der Waals surface area contributed by atoms with Gasteiger partial charge >= 0.3 is 6.61 Å². The van der Waals surface area contributed by atoms with Crippen molar-refractivity contribution >= 4 is 17.4 Å². The third-order valence-electron chi connectivity index (χ3n) is 4.25. The van der Waals surface area contributed by atoms with Crippen LogP contribution in [-0.4, -0.2) is 39.2 Å². The van der Waals surface area contributed by atoms with Gasteiger partial charge in [0, 0.05) is 29.6 Å². The molecule has 28 heavy (non-hydrogen) atoms. The van der Waals surface area contributed by atoms with Crippen LogP contribution >= 0.6 is 0 Å². The summed E-state index contributed by atoms with van der Waals surface area (Å²) in [4.78, 5) is 20.8. The van der Waals surface area contributed by atoms with Crippen LogP contribution in [0.4, 0.5) is 14.5 Å². The third kappa shape index (κ3) is 4.16. The summed E-state index contributed by atoms with van der Waals surface area (Å²) in [6.45, 7) is 0.748. The molecule has 0 radical (unpaired) electrons. The molecule has 1 amide bonds. The fraction of sp³-hybridized carbons (Fsp3) is 0.333. The summed E-state index contributed by atoms with van der Waals surface area (Å²) in [5.41, 5.74) is 2.89. The molecular weight excluding hydrogens is 372 g/mol. The van der Waals surface area contributed by atoms with E-state index in [1.807, 2.05) is 13.8 Å². The van der Waals surface area contributed by atoms with E-state index in [9.17, 15) is 13.6 Å². The second-order valence-electron chi connectivity index (χ2n) is 6.03. The molecule has 0 aliphatic heterocycles. The highest BCUT2D eigenvalue weighted by molar-refractivity contribution is 5.91. The molecule has 3 rings (SSSR count). The first-order chi connectivity index (χ1) is 13.4. The number of aromatic nitrogens is 4. The quantitative estimate of drug-likeness (QED) is 0.666. The van der Waals surface area contributed by atoms with Crippen LogP contribution in [0, 0.1) is 13.8 Å². The van der Waals surface area contributed by atoms with E-state index in [4.69, 9.17) is 4.74 Å². The summed E-state index contributed by atoms with van der Waals surface area (Å²) >= 11 is 0. The number of hydrogen-bond acceptors (Lipinski definition) is 6. The fourth-order valence-electron chi connectivity index (χ4n) is 2.92. The largest absolute Gasteiger partial charge is 0.493 e. The number of carbonyl (C=O) groups is 1. The van der Waals surface area contributed by atoms with Crippen LogP contribution in [0.3, 0.4) is 0 Å². The Morgan fingerprint density at radius 3 is 2.79 bits per heavy atom. The minimum Gasteiger partial charge on any atom is -0.493 e. The van der Waals surface area contributed by atoms with Gasteiger partial charge in [-0.1, -0.05) is 0 Å². The van der Waals surface area contributed by atoms with E-state index in [0.29, 0.717) is 17.9 Å². The topological polar surface area (TPSA) is 90.6 Å². The van der Waals surface area contributed by atoms with E-state index in [2.05, 4.69) is 25.1 Å². The molecule has 8 nitrogen and oxygen atoms in total. The van der Waals surface area contributed by atoms with Crippen molar-refractivity contribution < 1.29 is 23.0 Å². The number of carbonyl (C=O) groups excluding carboxylic acids is 1. The number of hydrogen-bond donors (Lipinski definition) is 1. The first-order valence-electron chi connectivity index (χ1n) is 8.47. The SMILES string of the molecule is COc1ccc(NC(=O)CCc2c(C)nc3ncnn3c2C)cc1OC(F)F. The lowest BCUT2D eigenvalue weighted by Gasteiger charge is -2.13. The van der Waals surface area contributed by atoms with Crippen LogP contribution in [0.1, 0.15) is 23.4 Å². The minimum atomic E-state index is -3.00. The zero-order valence-corrected chi connectivity index (χ0v) is 15.6. The average molecular weight is 391 g/mol. The first-order valence-corrected chi connectivity index (χ1v) is 8.47. The van der Waals surface area contributed by atoms with Gasteiger partial charge in [0.2, 0.25) is 5.91 Å². The number of anilines is 1. The van der Waals surface area contributed by atoms with Crippen molar-refractivity contribution in [3.63, 3.8) is 0 Å². The van der Waals surface area contributed by atoms with E-state index < -0.39 is 6.61 Å². The van der Waals surface area contributed by atoms with Gasteiger partial charge in [-0.15, -0.1) is 0 Å². The van der Waals surface area contributed by atoms with Gasteiger partial charge in [0.15, 0.2) is 11.5 Å². The maximum atomic E-state index is 12.5. The van der Waals surface area contributed by atoms with E-state index >= 15 is 0 Å². The lowest BCUT2D eigenvalue weighted by molar-refractivity contribution is -0.116. The Morgan fingerprint density at radius 2 is 2.07 bits per heavy atom. The van der Waals surface area contributed by atoms with E-state index in [1.54, 1.807) is 10.6 Å². The molecule has 0 atom stereocenters. The molecular formula is C18H19F2N5O3. The highest BCUT2D eigenvalue weighted by Crippen LogP contribution is 2.31. The third-order valence-corrected chi connectivity index (χ3v) is 4.25. The van der Waals surface area contributed by atoms with Crippen LogP contribution in [0.25, 0.3) is 5.78 Å². The molecule has 0 aliphatic rings. The molecule has 0 saturated heterocycles. The van der Waals surface area contributed by atoms with Crippen LogP contribution < -0.4 is 14.8 Å². The lowest BCUT2D eigenvalue weighted by Crippen LogP contribution is -2.14.